The highest BCUT2D eigenvalue weighted by molar-refractivity contribution is 7.17. The summed E-state index contributed by atoms with van der Waals surface area (Å²) in [7, 11) is 3.43. The van der Waals surface area contributed by atoms with E-state index >= 15 is 0 Å². The molecule has 0 radical (unpaired) electrons. The van der Waals surface area contributed by atoms with Crippen LogP contribution in [0.25, 0.3) is 15.9 Å². The molecule has 6 nitrogen and oxygen atoms in total. The molecule has 2 aromatic heterocycles. The number of hydrogen-bond acceptors (Lipinski definition) is 5. The van der Waals surface area contributed by atoms with Crippen molar-refractivity contribution in [3.05, 3.63) is 71.5 Å². The molecule has 4 aromatic rings. The molecule has 0 aliphatic rings. The quantitative estimate of drug-likeness (QED) is 0.530. The maximum Gasteiger partial charge on any atom is 0.255 e. The Bertz CT molecular complexity index is 1100. The number of amides is 1. The van der Waals surface area contributed by atoms with Gasteiger partial charge < -0.3 is 9.64 Å². The average molecular weight is 378 g/mol. The van der Waals surface area contributed by atoms with Crippen molar-refractivity contribution in [1.82, 2.24) is 19.7 Å². The molecule has 0 aliphatic heterocycles. The number of benzene rings is 2. The first kappa shape index (κ1) is 17.2. The molecule has 2 aromatic carbocycles. The minimum Gasteiger partial charge on any atom is -0.497 e. The first-order chi connectivity index (χ1) is 13.2. The molecule has 0 bridgehead atoms. The lowest BCUT2D eigenvalue weighted by Gasteiger charge is -2.16. The number of ether oxygens (including phenoxy) is 1. The largest absolute Gasteiger partial charge is 0.497 e. The lowest BCUT2D eigenvalue weighted by molar-refractivity contribution is 0.0787. The van der Waals surface area contributed by atoms with Crippen LogP contribution in [0.2, 0.25) is 0 Å². The van der Waals surface area contributed by atoms with Crippen LogP contribution in [-0.2, 0) is 6.54 Å². The van der Waals surface area contributed by atoms with Gasteiger partial charge in [0.05, 0.1) is 40.3 Å². The van der Waals surface area contributed by atoms with Gasteiger partial charge in [0.1, 0.15) is 5.75 Å². The maximum absolute atomic E-state index is 12.9. The first-order valence-electron chi connectivity index (χ1n) is 8.41. The summed E-state index contributed by atoms with van der Waals surface area (Å²) >= 11 is 1.48. The van der Waals surface area contributed by atoms with E-state index in [9.17, 15) is 4.79 Å². The predicted molar refractivity (Wildman–Crippen MR) is 106 cm³/mol. The van der Waals surface area contributed by atoms with Crippen molar-refractivity contribution in [2.45, 2.75) is 6.54 Å². The number of rotatable bonds is 5. The van der Waals surface area contributed by atoms with Gasteiger partial charge >= 0.3 is 0 Å². The molecule has 0 atom stereocenters. The molecule has 4 rings (SSSR count). The van der Waals surface area contributed by atoms with E-state index in [1.54, 1.807) is 35.4 Å². The smallest absolute Gasteiger partial charge is 0.255 e. The van der Waals surface area contributed by atoms with Gasteiger partial charge in [-0.05, 0) is 24.3 Å². The topological polar surface area (TPSA) is 60.2 Å². The number of nitrogens with zero attached hydrogens (tertiary/aromatic N) is 4. The summed E-state index contributed by atoms with van der Waals surface area (Å²) in [5.41, 5.74) is 5.15. The van der Waals surface area contributed by atoms with Gasteiger partial charge in [-0.25, -0.2) is 9.67 Å². The van der Waals surface area contributed by atoms with E-state index in [0.29, 0.717) is 12.1 Å². The Morgan fingerprint density at radius 1 is 1.26 bits per heavy atom. The minimum absolute atomic E-state index is 0.0287. The SMILES string of the molecule is COc1cccc(-n2cc(CN(C)C(=O)c3cccc4ncsc34)cn2)c1. The number of methoxy groups -OCH3 is 1. The van der Waals surface area contributed by atoms with Gasteiger partial charge in [0.2, 0.25) is 0 Å². The van der Waals surface area contributed by atoms with Gasteiger partial charge in [-0.1, -0.05) is 12.1 Å². The van der Waals surface area contributed by atoms with E-state index in [-0.39, 0.29) is 5.91 Å². The van der Waals surface area contributed by atoms with E-state index < -0.39 is 0 Å². The Labute approximate surface area is 160 Å². The molecule has 27 heavy (non-hydrogen) atoms. The summed E-state index contributed by atoms with van der Waals surface area (Å²) in [4.78, 5) is 18.9. The summed E-state index contributed by atoms with van der Waals surface area (Å²) in [6.07, 6.45) is 3.70. The standard InChI is InChI=1S/C20H18N4O2S/c1-23(20(25)17-7-4-8-18-19(17)27-13-21-18)11-14-10-22-24(12-14)15-5-3-6-16(9-15)26-2/h3-10,12-13H,11H2,1-2H3. The molecule has 0 spiro atoms. The van der Waals surface area contributed by atoms with Gasteiger partial charge in [0.25, 0.3) is 5.91 Å². The van der Waals surface area contributed by atoms with Crippen LogP contribution in [-0.4, -0.2) is 39.7 Å². The van der Waals surface area contributed by atoms with E-state index in [1.807, 2.05) is 48.7 Å². The summed E-state index contributed by atoms with van der Waals surface area (Å²) < 4.78 is 7.95. The van der Waals surface area contributed by atoms with Gasteiger partial charge in [0.15, 0.2) is 0 Å². The van der Waals surface area contributed by atoms with E-state index in [1.165, 1.54) is 11.3 Å². The maximum atomic E-state index is 12.9. The number of carbonyl (C=O) groups is 1. The molecular formula is C20H18N4O2S. The fraction of sp³-hybridized carbons (Fsp3) is 0.150. The van der Waals surface area contributed by atoms with Crippen molar-refractivity contribution >= 4 is 27.5 Å². The van der Waals surface area contributed by atoms with Crippen LogP contribution in [0.1, 0.15) is 15.9 Å². The van der Waals surface area contributed by atoms with Crippen molar-refractivity contribution < 1.29 is 9.53 Å². The molecule has 136 valence electrons. The second-order valence-electron chi connectivity index (χ2n) is 6.16. The Morgan fingerprint density at radius 3 is 2.96 bits per heavy atom. The Kier molecular flexibility index (Phi) is 4.60. The van der Waals surface area contributed by atoms with Crippen LogP contribution in [0, 0.1) is 0 Å². The molecule has 0 aliphatic carbocycles. The van der Waals surface area contributed by atoms with Crippen LogP contribution in [0.5, 0.6) is 5.75 Å². The molecule has 0 saturated heterocycles. The third kappa shape index (κ3) is 3.41. The van der Waals surface area contributed by atoms with Gasteiger partial charge in [-0.3, -0.25) is 4.79 Å². The first-order valence-corrected chi connectivity index (χ1v) is 9.29. The van der Waals surface area contributed by atoms with Crippen LogP contribution < -0.4 is 4.74 Å². The lowest BCUT2D eigenvalue weighted by Crippen LogP contribution is -2.26. The van der Waals surface area contributed by atoms with Gasteiger partial charge in [-0.15, -0.1) is 11.3 Å². The lowest BCUT2D eigenvalue weighted by atomic mass is 10.2. The molecule has 1 amide bonds. The molecule has 0 saturated carbocycles. The second kappa shape index (κ2) is 7.20. The fourth-order valence-corrected chi connectivity index (χ4v) is 3.74. The molecule has 0 N–H and O–H groups in total. The van der Waals surface area contributed by atoms with E-state index in [0.717, 1.165) is 27.2 Å². The monoisotopic (exact) mass is 378 g/mol. The van der Waals surface area contributed by atoms with Crippen LogP contribution in [0.3, 0.4) is 0 Å². The van der Waals surface area contributed by atoms with Gasteiger partial charge in [-0.2, -0.15) is 5.10 Å². The Hall–Kier alpha value is -3.19. The zero-order chi connectivity index (χ0) is 18.8. The third-order valence-electron chi connectivity index (χ3n) is 4.31. The molecule has 7 heteroatoms. The summed E-state index contributed by atoms with van der Waals surface area (Å²) in [6.45, 7) is 0.470. The van der Waals surface area contributed by atoms with E-state index in [4.69, 9.17) is 4.74 Å². The number of carbonyl (C=O) groups excluding carboxylic acids is 1. The highest BCUT2D eigenvalue weighted by Crippen LogP contribution is 2.24. The molecule has 2 heterocycles. The number of aromatic nitrogens is 3. The van der Waals surface area contributed by atoms with Crippen LogP contribution in [0.15, 0.2) is 60.4 Å². The second-order valence-corrected chi connectivity index (χ2v) is 7.02. The van der Waals surface area contributed by atoms with Crippen LogP contribution >= 0.6 is 11.3 Å². The Morgan fingerprint density at radius 2 is 2.11 bits per heavy atom. The molecule has 0 unspecified atom stereocenters. The van der Waals surface area contributed by atoms with Gasteiger partial charge in [0, 0.05) is 31.4 Å². The minimum atomic E-state index is -0.0287. The number of thiazole rings is 1. The zero-order valence-corrected chi connectivity index (χ0v) is 15.8. The van der Waals surface area contributed by atoms with E-state index in [2.05, 4.69) is 10.1 Å². The van der Waals surface area contributed by atoms with Crippen molar-refractivity contribution in [2.24, 2.45) is 0 Å². The fourth-order valence-electron chi connectivity index (χ4n) is 2.94. The summed E-state index contributed by atoms with van der Waals surface area (Å²) in [6, 6.07) is 13.3. The summed E-state index contributed by atoms with van der Waals surface area (Å²) in [5, 5.41) is 4.40. The van der Waals surface area contributed by atoms with Crippen molar-refractivity contribution in [3.8, 4) is 11.4 Å². The Balaban J connectivity index is 1.53. The predicted octanol–water partition coefficient (Wildman–Crippen LogP) is 3.76. The van der Waals surface area contributed by atoms with Crippen molar-refractivity contribution in [2.75, 3.05) is 14.2 Å². The van der Waals surface area contributed by atoms with Crippen molar-refractivity contribution in [3.63, 3.8) is 0 Å². The third-order valence-corrected chi connectivity index (χ3v) is 5.18. The molecule has 0 fully saturated rings. The highest BCUT2D eigenvalue weighted by Gasteiger charge is 2.17. The summed E-state index contributed by atoms with van der Waals surface area (Å²) in [5.74, 6) is 0.744. The number of hydrogen-bond donors (Lipinski definition) is 0. The van der Waals surface area contributed by atoms with Crippen molar-refractivity contribution in [1.29, 1.82) is 0 Å². The zero-order valence-electron chi connectivity index (χ0n) is 15.0. The average Bonchev–Trinajstić information content (AvgIpc) is 3.36. The number of fused-ring (bicyclic) bond motifs is 1. The van der Waals surface area contributed by atoms with Crippen LogP contribution in [0.4, 0.5) is 0 Å². The highest BCUT2D eigenvalue weighted by atomic mass is 32.1. The molecular weight excluding hydrogens is 360 g/mol. The normalized spacial score (nSPS) is 10.9.